The topological polar surface area (TPSA) is 103 Å². The van der Waals surface area contributed by atoms with Crippen LogP contribution in [0.1, 0.15) is 88.4 Å². The van der Waals surface area contributed by atoms with Crippen LogP contribution in [0, 0.1) is 0 Å². The molecule has 1 aliphatic rings. The summed E-state index contributed by atoms with van der Waals surface area (Å²) >= 11 is 0. The van der Waals surface area contributed by atoms with Gasteiger partial charge in [-0.25, -0.2) is 9.78 Å². The van der Waals surface area contributed by atoms with Crippen LogP contribution >= 0.6 is 0 Å². The van der Waals surface area contributed by atoms with Crippen molar-refractivity contribution >= 4 is 0 Å². The molecule has 8 heteroatoms. The Morgan fingerprint density at radius 3 is 2.24 bits per heavy atom. The van der Waals surface area contributed by atoms with Gasteiger partial charge in [0.15, 0.2) is 5.82 Å². The monoisotopic (exact) mass is 618 g/mol. The number of hydrogen-bond donors (Lipinski definition) is 1. The van der Waals surface area contributed by atoms with Crippen LogP contribution < -0.4 is 16.1 Å². The van der Waals surface area contributed by atoms with Crippen molar-refractivity contribution < 1.29 is 9.26 Å². The molecule has 0 spiro atoms. The highest BCUT2D eigenvalue weighted by Gasteiger charge is 2.35. The van der Waals surface area contributed by atoms with E-state index in [-0.39, 0.29) is 11.2 Å². The summed E-state index contributed by atoms with van der Waals surface area (Å²) < 4.78 is 13.1. The second-order valence-corrected chi connectivity index (χ2v) is 12.3. The fourth-order valence-corrected chi connectivity index (χ4v) is 6.86. The Morgan fingerprint density at radius 2 is 1.61 bits per heavy atom. The molecule has 6 rings (SSSR count). The molecule has 0 aliphatic heterocycles. The number of nitrogens with zero attached hydrogens (tertiary/aromatic N) is 3. The van der Waals surface area contributed by atoms with Crippen molar-refractivity contribution in [2.24, 2.45) is 0 Å². The van der Waals surface area contributed by atoms with Crippen LogP contribution in [0.15, 0.2) is 86.9 Å². The van der Waals surface area contributed by atoms with E-state index in [0.29, 0.717) is 18.7 Å². The number of aromatic nitrogens is 4. The van der Waals surface area contributed by atoms with E-state index >= 15 is 0 Å². The second-order valence-electron chi connectivity index (χ2n) is 12.3. The lowest BCUT2D eigenvalue weighted by molar-refractivity contribution is 0.0659. The van der Waals surface area contributed by atoms with E-state index in [1.807, 2.05) is 79.7 Å². The molecule has 1 aliphatic carbocycles. The van der Waals surface area contributed by atoms with Crippen LogP contribution in [-0.4, -0.2) is 25.3 Å². The van der Waals surface area contributed by atoms with Gasteiger partial charge in [0, 0.05) is 24.0 Å². The summed E-state index contributed by atoms with van der Waals surface area (Å²) in [5.74, 6) is 1.42. The summed E-state index contributed by atoms with van der Waals surface area (Å²) in [4.78, 5) is 33.6. The van der Waals surface area contributed by atoms with Gasteiger partial charge in [-0.05, 0) is 79.5 Å². The van der Waals surface area contributed by atoms with Crippen molar-refractivity contribution in [3.8, 4) is 34.0 Å². The molecule has 1 fully saturated rings. The van der Waals surface area contributed by atoms with Crippen LogP contribution in [0.25, 0.3) is 28.2 Å². The highest BCUT2D eigenvalue weighted by Crippen LogP contribution is 2.38. The van der Waals surface area contributed by atoms with Crippen molar-refractivity contribution in [1.29, 1.82) is 0 Å². The molecule has 0 saturated heterocycles. The van der Waals surface area contributed by atoms with E-state index in [1.54, 1.807) is 4.57 Å². The lowest BCUT2D eigenvalue weighted by atomic mass is 9.96. The molecule has 0 atom stereocenters. The zero-order chi connectivity index (χ0) is 32.1. The number of nitrogens with one attached hydrogen (secondary N) is 1. The zero-order valence-electron chi connectivity index (χ0n) is 27.0. The summed E-state index contributed by atoms with van der Waals surface area (Å²) in [6, 6.07) is 23.9. The number of rotatable bonds is 12. The van der Waals surface area contributed by atoms with Crippen LogP contribution in [0.2, 0.25) is 0 Å². The summed E-state index contributed by atoms with van der Waals surface area (Å²) in [5, 5.41) is 3.87. The van der Waals surface area contributed by atoms with Gasteiger partial charge in [-0.3, -0.25) is 18.9 Å². The SMILES string of the molecule is CCCc1nc(CC)n(-c2ccc(OC3(CCC)CCCC3)cc2)c(=O)c1Cc1ccc(-c2ccccc2-c2noc(=O)[nH]2)cc1. The maximum atomic E-state index is 14.3. The molecular weight excluding hydrogens is 576 g/mol. The Labute approximate surface area is 269 Å². The highest BCUT2D eigenvalue weighted by atomic mass is 16.5. The first-order chi connectivity index (χ1) is 22.4. The Hall–Kier alpha value is -4.72. The summed E-state index contributed by atoms with van der Waals surface area (Å²) in [6.07, 6.45) is 9.57. The van der Waals surface area contributed by atoms with Crippen molar-refractivity contribution in [3.63, 3.8) is 0 Å². The molecule has 2 heterocycles. The summed E-state index contributed by atoms with van der Waals surface area (Å²) in [7, 11) is 0. The maximum absolute atomic E-state index is 14.3. The summed E-state index contributed by atoms with van der Waals surface area (Å²) in [6.45, 7) is 6.38. The number of ether oxygens (including phenoxy) is 1. The molecule has 46 heavy (non-hydrogen) atoms. The van der Waals surface area contributed by atoms with Gasteiger partial charge in [-0.2, -0.15) is 0 Å². The molecule has 1 saturated carbocycles. The van der Waals surface area contributed by atoms with Gasteiger partial charge >= 0.3 is 5.76 Å². The smallest absolute Gasteiger partial charge is 0.439 e. The highest BCUT2D eigenvalue weighted by molar-refractivity contribution is 5.80. The lowest BCUT2D eigenvalue weighted by Gasteiger charge is -2.30. The van der Waals surface area contributed by atoms with E-state index < -0.39 is 5.76 Å². The number of H-pyrrole nitrogens is 1. The largest absolute Gasteiger partial charge is 0.487 e. The maximum Gasteiger partial charge on any atom is 0.439 e. The van der Waals surface area contributed by atoms with E-state index in [0.717, 1.165) is 89.3 Å². The van der Waals surface area contributed by atoms with Crippen LogP contribution in [-0.2, 0) is 19.3 Å². The number of benzene rings is 3. The van der Waals surface area contributed by atoms with E-state index in [2.05, 4.69) is 24.0 Å². The zero-order valence-corrected chi connectivity index (χ0v) is 27.0. The predicted octanol–water partition coefficient (Wildman–Crippen LogP) is 7.84. The third-order valence-electron chi connectivity index (χ3n) is 9.05. The van der Waals surface area contributed by atoms with Gasteiger partial charge in [0.2, 0.25) is 0 Å². The minimum Gasteiger partial charge on any atom is -0.487 e. The first-order valence-electron chi connectivity index (χ1n) is 16.6. The minimum atomic E-state index is -0.592. The Bertz CT molecular complexity index is 1900. The van der Waals surface area contributed by atoms with Crippen molar-refractivity contribution in [3.05, 3.63) is 116 Å². The van der Waals surface area contributed by atoms with Gasteiger partial charge in [0.1, 0.15) is 17.2 Å². The number of aryl methyl sites for hydroxylation is 2. The van der Waals surface area contributed by atoms with Gasteiger partial charge in [0.05, 0.1) is 11.4 Å². The average Bonchev–Trinajstić information content (AvgIpc) is 3.72. The molecule has 8 nitrogen and oxygen atoms in total. The van der Waals surface area contributed by atoms with E-state index in [1.165, 1.54) is 12.8 Å². The summed E-state index contributed by atoms with van der Waals surface area (Å²) in [5.41, 5.74) is 5.99. The average molecular weight is 619 g/mol. The lowest BCUT2D eigenvalue weighted by Crippen LogP contribution is -2.32. The Morgan fingerprint density at radius 1 is 0.891 bits per heavy atom. The van der Waals surface area contributed by atoms with Gasteiger partial charge < -0.3 is 4.74 Å². The van der Waals surface area contributed by atoms with Gasteiger partial charge in [-0.1, -0.05) is 87.3 Å². The van der Waals surface area contributed by atoms with Crippen LogP contribution in [0.5, 0.6) is 5.75 Å². The quantitative estimate of drug-likeness (QED) is 0.153. The molecule has 5 aromatic rings. The molecule has 0 amide bonds. The Balaban J connectivity index is 1.31. The standard InChI is InChI=1S/C38H42N4O4/c1-4-11-33-32(25-26-14-16-27(17-15-26)30-12-7-8-13-31(30)35-40-37(44)46-41-35)36(43)42(34(6-3)39-33)28-18-20-29(21-19-28)45-38(22-5-2)23-9-10-24-38/h7-8,12-21H,4-6,9-11,22-25H2,1-3H3,(H,40,41,44). The van der Waals surface area contributed by atoms with Crippen molar-refractivity contribution in [1.82, 2.24) is 19.7 Å². The number of aromatic amines is 1. The van der Waals surface area contributed by atoms with Gasteiger partial charge in [-0.15, -0.1) is 0 Å². The molecule has 0 bridgehead atoms. The first-order valence-corrected chi connectivity index (χ1v) is 16.6. The molecular formula is C38H42N4O4. The molecule has 2 aromatic heterocycles. The van der Waals surface area contributed by atoms with Crippen LogP contribution in [0.3, 0.4) is 0 Å². The minimum absolute atomic E-state index is 0.0216. The molecule has 238 valence electrons. The van der Waals surface area contributed by atoms with Crippen molar-refractivity contribution in [2.75, 3.05) is 0 Å². The fraction of sp³-hybridized carbons (Fsp3) is 0.368. The second kappa shape index (κ2) is 13.7. The van der Waals surface area contributed by atoms with E-state index in [9.17, 15) is 9.59 Å². The molecule has 0 unspecified atom stereocenters. The molecule has 0 radical (unpaired) electrons. The molecule has 1 N–H and O–H groups in total. The van der Waals surface area contributed by atoms with Crippen LogP contribution in [0.4, 0.5) is 0 Å². The molecule has 3 aromatic carbocycles. The van der Waals surface area contributed by atoms with Gasteiger partial charge in [0.25, 0.3) is 5.56 Å². The van der Waals surface area contributed by atoms with E-state index in [4.69, 9.17) is 14.2 Å². The Kier molecular flexibility index (Phi) is 9.33. The predicted molar refractivity (Wildman–Crippen MR) is 181 cm³/mol. The first kappa shape index (κ1) is 31.3. The third kappa shape index (κ3) is 6.48. The normalized spacial score (nSPS) is 14.1. The fourth-order valence-electron chi connectivity index (χ4n) is 6.86. The number of hydrogen-bond acceptors (Lipinski definition) is 6. The third-order valence-corrected chi connectivity index (χ3v) is 9.05. The van der Waals surface area contributed by atoms with Crippen molar-refractivity contribution in [2.45, 2.75) is 90.6 Å².